The van der Waals surface area contributed by atoms with Crippen LogP contribution in [-0.4, -0.2) is 29.1 Å². The molecule has 3 aromatic rings. The molecule has 2 aromatic carbocycles. The Balaban J connectivity index is 1.82. The molecule has 0 spiro atoms. The highest BCUT2D eigenvalue weighted by molar-refractivity contribution is 6.23. The molecule has 0 saturated carbocycles. The van der Waals surface area contributed by atoms with Gasteiger partial charge in [-0.25, -0.2) is 9.18 Å². The summed E-state index contributed by atoms with van der Waals surface area (Å²) in [7, 11) is 1.52. The maximum atomic E-state index is 13.6. The molecule has 1 unspecified atom stereocenters. The van der Waals surface area contributed by atoms with Crippen molar-refractivity contribution < 1.29 is 13.9 Å². The van der Waals surface area contributed by atoms with E-state index in [4.69, 9.17) is 4.74 Å². The molecule has 1 aliphatic heterocycles. The number of hydrogen-bond donors (Lipinski definition) is 2. The predicted molar refractivity (Wildman–Crippen MR) is 113 cm³/mol. The first-order valence-electron chi connectivity index (χ1n) is 9.78. The number of nitrogens with zero attached hydrogens (tertiary/aromatic N) is 1. The van der Waals surface area contributed by atoms with Crippen molar-refractivity contribution in [1.82, 2.24) is 9.55 Å². The minimum absolute atomic E-state index is 0.202. The van der Waals surface area contributed by atoms with Crippen LogP contribution in [0.2, 0.25) is 0 Å². The van der Waals surface area contributed by atoms with Crippen LogP contribution in [-0.2, 0) is 11.3 Å². The highest BCUT2D eigenvalue weighted by Crippen LogP contribution is 2.47. The van der Waals surface area contributed by atoms with Crippen molar-refractivity contribution in [1.29, 1.82) is 0 Å². The van der Waals surface area contributed by atoms with Gasteiger partial charge in [-0.3, -0.25) is 19.1 Å². The lowest BCUT2D eigenvalue weighted by atomic mass is 9.81. The summed E-state index contributed by atoms with van der Waals surface area (Å²) in [6, 6.07) is 12.8. The van der Waals surface area contributed by atoms with E-state index < -0.39 is 23.0 Å². The maximum Gasteiger partial charge on any atom is 0.330 e. The molecular formula is C23H18FN3O4. The molecular weight excluding hydrogens is 401 g/mol. The number of ether oxygens (including phenoxy) is 1. The van der Waals surface area contributed by atoms with Crippen LogP contribution in [0.25, 0.3) is 5.70 Å². The van der Waals surface area contributed by atoms with E-state index in [9.17, 15) is 18.8 Å². The number of carbonyl (C=O) groups excluding carboxylic acids is 1. The van der Waals surface area contributed by atoms with Crippen molar-refractivity contribution in [2.45, 2.75) is 12.5 Å². The molecule has 8 heteroatoms. The molecule has 0 amide bonds. The normalized spacial score (nSPS) is 16.6. The molecule has 1 atom stereocenters. The van der Waals surface area contributed by atoms with Gasteiger partial charge in [-0.2, -0.15) is 0 Å². The lowest BCUT2D eigenvalue weighted by Crippen LogP contribution is -2.38. The second kappa shape index (κ2) is 7.17. The number of Topliss-reactive ketones (excluding diaryl/α,β-unsaturated/α-hetero) is 1. The van der Waals surface area contributed by atoms with Crippen LogP contribution in [0.1, 0.15) is 33.0 Å². The van der Waals surface area contributed by atoms with Crippen molar-refractivity contribution in [2.75, 3.05) is 19.0 Å². The first-order valence-corrected chi connectivity index (χ1v) is 9.78. The van der Waals surface area contributed by atoms with Crippen LogP contribution >= 0.6 is 0 Å². The number of hydrogen-bond acceptors (Lipinski definition) is 5. The van der Waals surface area contributed by atoms with Gasteiger partial charge < -0.3 is 10.1 Å². The van der Waals surface area contributed by atoms with Crippen LogP contribution in [0, 0.1) is 5.82 Å². The van der Waals surface area contributed by atoms with Gasteiger partial charge in [0.1, 0.15) is 11.6 Å². The number of rotatable bonds is 4. The molecule has 0 saturated heterocycles. The lowest BCUT2D eigenvalue weighted by molar-refractivity contribution is 0.103. The van der Waals surface area contributed by atoms with Crippen molar-refractivity contribution in [3.05, 3.63) is 103 Å². The fourth-order valence-corrected chi connectivity index (χ4v) is 4.35. The zero-order chi connectivity index (χ0) is 21.7. The van der Waals surface area contributed by atoms with Crippen LogP contribution in [0.5, 0.6) is 0 Å². The summed E-state index contributed by atoms with van der Waals surface area (Å²) in [6.07, 6.45) is 0. The molecule has 2 heterocycles. The van der Waals surface area contributed by atoms with Gasteiger partial charge in [0.05, 0.1) is 24.4 Å². The fraction of sp³-hybridized carbons (Fsp3) is 0.174. The van der Waals surface area contributed by atoms with Gasteiger partial charge in [0.2, 0.25) is 0 Å². The fourth-order valence-electron chi connectivity index (χ4n) is 4.35. The third kappa shape index (κ3) is 2.87. The number of H-pyrrole nitrogens is 1. The number of carbonyl (C=O) groups is 1. The SMILES string of the molecule is COCCn1c2c(c(=O)[nH]c1=O)C(c1ccc(F)cc1)C1=C(N2)c2ccccc2C1=O. The largest absolute Gasteiger partial charge is 0.383 e. The highest BCUT2D eigenvalue weighted by Gasteiger charge is 2.42. The van der Waals surface area contributed by atoms with Gasteiger partial charge in [-0.1, -0.05) is 36.4 Å². The second-order valence-corrected chi connectivity index (χ2v) is 7.44. The smallest absolute Gasteiger partial charge is 0.330 e. The third-order valence-electron chi connectivity index (χ3n) is 5.73. The zero-order valence-corrected chi connectivity index (χ0v) is 16.6. The van der Waals surface area contributed by atoms with Gasteiger partial charge >= 0.3 is 5.69 Å². The summed E-state index contributed by atoms with van der Waals surface area (Å²) in [4.78, 5) is 41.3. The monoisotopic (exact) mass is 419 g/mol. The first kappa shape index (κ1) is 19.2. The average Bonchev–Trinajstić information content (AvgIpc) is 3.05. The summed E-state index contributed by atoms with van der Waals surface area (Å²) in [5, 5.41) is 3.19. The molecule has 2 aliphatic rings. The summed E-state index contributed by atoms with van der Waals surface area (Å²) < 4.78 is 20.1. The highest BCUT2D eigenvalue weighted by atomic mass is 19.1. The van der Waals surface area contributed by atoms with Crippen LogP contribution < -0.4 is 16.6 Å². The van der Waals surface area contributed by atoms with Gasteiger partial charge in [-0.15, -0.1) is 0 Å². The molecule has 0 radical (unpaired) electrons. The van der Waals surface area contributed by atoms with Crippen molar-refractivity contribution in [3.8, 4) is 0 Å². The van der Waals surface area contributed by atoms with Crippen LogP contribution in [0.4, 0.5) is 10.2 Å². The summed E-state index contributed by atoms with van der Waals surface area (Å²) in [6.45, 7) is 0.457. The molecule has 5 rings (SSSR count). The molecule has 0 fully saturated rings. The number of aromatic nitrogens is 2. The number of allylic oxidation sites excluding steroid dienone is 1. The predicted octanol–water partition coefficient (Wildman–Crippen LogP) is 2.49. The van der Waals surface area contributed by atoms with Crippen LogP contribution in [0.15, 0.2) is 63.7 Å². The van der Waals surface area contributed by atoms with E-state index in [1.54, 1.807) is 24.3 Å². The lowest BCUT2D eigenvalue weighted by Gasteiger charge is -2.29. The van der Waals surface area contributed by atoms with Gasteiger partial charge in [0, 0.05) is 29.7 Å². The number of fused-ring (bicyclic) bond motifs is 3. The summed E-state index contributed by atoms with van der Waals surface area (Å²) >= 11 is 0. The van der Waals surface area contributed by atoms with Crippen molar-refractivity contribution in [2.24, 2.45) is 0 Å². The third-order valence-corrected chi connectivity index (χ3v) is 5.73. The molecule has 1 aromatic heterocycles. The number of benzene rings is 2. The molecule has 7 nitrogen and oxygen atoms in total. The molecule has 0 bridgehead atoms. The average molecular weight is 419 g/mol. The summed E-state index contributed by atoms with van der Waals surface area (Å²) in [5.74, 6) is -1.08. The van der Waals surface area contributed by atoms with Crippen molar-refractivity contribution in [3.63, 3.8) is 0 Å². The van der Waals surface area contributed by atoms with Gasteiger partial charge in [-0.05, 0) is 17.7 Å². The Morgan fingerprint density at radius 1 is 1.03 bits per heavy atom. The van der Waals surface area contributed by atoms with E-state index in [-0.39, 0.29) is 24.5 Å². The van der Waals surface area contributed by atoms with E-state index in [1.165, 1.54) is 23.8 Å². The van der Waals surface area contributed by atoms with Crippen LogP contribution in [0.3, 0.4) is 0 Å². The quantitative estimate of drug-likeness (QED) is 0.678. The molecule has 1 aliphatic carbocycles. The Hall–Kier alpha value is -3.78. The van der Waals surface area contributed by atoms with E-state index in [0.717, 1.165) is 0 Å². The Kier molecular flexibility index (Phi) is 4.44. The van der Waals surface area contributed by atoms with E-state index in [2.05, 4.69) is 10.3 Å². The Bertz CT molecular complexity index is 1370. The second-order valence-electron chi connectivity index (χ2n) is 7.44. The Morgan fingerprint density at radius 3 is 2.45 bits per heavy atom. The zero-order valence-electron chi connectivity index (χ0n) is 16.6. The maximum absolute atomic E-state index is 13.6. The van der Waals surface area contributed by atoms with E-state index in [0.29, 0.717) is 33.8 Å². The molecule has 31 heavy (non-hydrogen) atoms. The van der Waals surface area contributed by atoms with Gasteiger partial charge in [0.15, 0.2) is 5.78 Å². The minimum Gasteiger partial charge on any atom is -0.383 e. The Labute approximate surface area is 175 Å². The number of ketones is 1. The number of anilines is 1. The topological polar surface area (TPSA) is 93.2 Å². The number of nitrogens with one attached hydrogen (secondary N) is 2. The Morgan fingerprint density at radius 2 is 1.74 bits per heavy atom. The molecule has 156 valence electrons. The van der Waals surface area contributed by atoms with Crippen molar-refractivity contribution >= 4 is 17.3 Å². The number of aromatic amines is 1. The van der Waals surface area contributed by atoms with E-state index in [1.807, 2.05) is 12.1 Å². The van der Waals surface area contributed by atoms with Gasteiger partial charge in [0.25, 0.3) is 5.56 Å². The standard InChI is InChI=1S/C23H18FN3O4/c1-31-11-10-27-21-18(22(29)26-23(27)30)16(12-6-8-13(24)9-7-12)17-19(25-21)14-4-2-3-5-15(14)20(17)28/h2-9,16,25H,10-11H2,1H3,(H,26,29,30). The number of halogens is 1. The minimum atomic E-state index is -0.759. The first-order chi connectivity index (χ1) is 15.0. The number of methoxy groups -OCH3 is 1. The van der Waals surface area contributed by atoms with E-state index >= 15 is 0 Å². The summed E-state index contributed by atoms with van der Waals surface area (Å²) in [5.41, 5.74) is 1.83. The molecule has 2 N–H and O–H groups in total.